The van der Waals surface area contributed by atoms with Crippen LogP contribution in [-0.4, -0.2) is 36.7 Å². The topological polar surface area (TPSA) is 12.5 Å². The van der Waals surface area contributed by atoms with Crippen molar-refractivity contribution in [2.75, 3.05) is 26.2 Å². The SMILES string of the molecule is CCCCN1CC2(CCCO2)C1. The Morgan fingerprint density at radius 2 is 2.25 bits per heavy atom. The summed E-state index contributed by atoms with van der Waals surface area (Å²) < 4.78 is 5.74. The second kappa shape index (κ2) is 3.35. The molecule has 1 spiro atoms. The van der Waals surface area contributed by atoms with E-state index < -0.39 is 0 Å². The van der Waals surface area contributed by atoms with E-state index in [2.05, 4.69) is 11.8 Å². The molecule has 0 saturated carbocycles. The van der Waals surface area contributed by atoms with Crippen LogP contribution in [0.3, 0.4) is 0 Å². The van der Waals surface area contributed by atoms with Gasteiger partial charge in [-0.2, -0.15) is 0 Å². The van der Waals surface area contributed by atoms with E-state index in [1.807, 2.05) is 0 Å². The van der Waals surface area contributed by atoms with Crippen molar-refractivity contribution in [1.29, 1.82) is 0 Å². The summed E-state index contributed by atoms with van der Waals surface area (Å²) in [7, 11) is 0. The first-order valence-electron chi connectivity index (χ1n) is 5.21. The van der Waals surface area contributed by atoms with E-state index in [0.29, 0.717) is 5.60 Å². The predicted molar refractivity (Wildman–Crippen MR) is 49.3 cm³/mol. The molecule has 2 rings (SSSR count). The lowest BCUT2D eigenvalue weighted by atomic mass is 9.91. The van der Waals surface area contributed by atoms with Gasteiger partial charge in [-0.1, -0.05) is 13.3 Å². The summed E-state index contributed by atoms with van der Waals surface area (Å²) in [5.74, 6) is 0. The number of ether oxygens (including phenoxy) is 1. The minimum absolute atomic E-state index is 0.313. The van der Waals surface area contributed by atoms with Crippen LogP contribution in [-0.2, 0) is 4.74 Å². The largest absolute Gasteiger partial charge is 0.372 e. The molecule has 0 N–H and O–H groups in total. The van der Waals surface area contributed by atoms with Crippen LogP contribution in [0, 0.1) is 0 Å². The first-order valence-corrected chi connectivity index (χ1v) is 5.21. The Morgan fingerprint density at radius 1 is 1.42 bits per heavy atom. The molecular weight excluding hydrogens is 150 g/mol. The number of hydrogen-bond acceptors (Lipinski definition) is 2. The van der Waals surface area contributed by atoms with Crippen molar-refractivity contribution in [2.45, 2.75) is 38.2 Å². The van der Waals surface area contributed by atoms with Gasteiger partial charge in [-0.25, -0.2) is 0 Å². The second-order valence-electron chi connectivity index (χ2n) is 4.20. The zero-order chi connectivity index (χ0) is 8.44. The summed E-state index contributed by atoms with van der Waals surface area (Å²) in [5, 5.41) is 0. The molecule has 70 valence electrons. The molecule has 0 aromatic heterocycles. The van der Waals surface area contributed by atoms with Gasteiger partial charge in [-0.3, -0.25) is 4.90 Å². The normalized spacial score (nSPS) is 27.8. The summed E-state index contributed by atoms with van der Waals surface area (Å²) in [6.45, 7) is 6.94. The van der Waals surface area contributed by atoms with Gasteiger partial charge in [0.25, 0.3) is 0 Å². The van der Waals surface area contributed by atoms with Crippen LogP contribution >= 0.6 is 0 Å². The van der Waals surface area contributed by atoms with Gasteiger partial charge in [0.05, 0.1) is 5.60 Å². The zero-order valence-electron chi connectivity index (χ0n) is 8.01. The maximum absolute atomic E-state index is 5.74. The number of rotatable bonds is 3. The third kappa shape index (κ3) is 1.50. The standard InChI is InChI=1S/C10H19NO/c1-2-3-6-11-8-10(9-11)5-4-7-12-10/h2-9H2,1H3. The lowest BCUT2D eigenvalue weighted by molar-refractivity contribution is -0.111. The molecule has 0 bridgehead atoms. The van der Waals surface area contributed by atoms with Gasteiger partial charge in [0, 0.05) is 19.7 Å². The third-order valence-corrected chi connectivity index (χ3v) is 3.04. The van der Waals surface area contributed by atoms with Crippen LogP contribution in [0.5, 0.6) is 0 Å². The molecule has 2 aliphatic rings. The van der Waals surface area contributed by atoms with Crippen LogP contribution in [0.4, 0.5) is 0 Å². The lowest BCUT2D eigenvalue weighted by Crippen LogP contribution is -2.61. The summed E-state index contributed by atoms with van der Waals surface area (Å²) in [6.07, 6.45) is 5.23. The molecule has 2 fully saturated rings. The predicted octanol–water partition coefficient (Wildman–Crippen LogP) is 1.65. The van der Waals surface area contributed by atoms with Gasteiger partial charge in [-0.15, -0.1) is 0 Å². The molecule has 2 nitrogen and oxygen atoms in total. The Balaban J connectivity index is 1.68. The molecule has 0 radical (unpaired) electrons. The minimum atomic E-state index is 0.313. The van der Waals surface area contributed by atoms with E-state index in [1.54, 1.807) is 0 Å². The highest BCUT2D eigenvalue weighted by Crippen LogP contribution is 2.34. The van der Waals surface area contributed by atoms with Gasteiger partial charge >= 0.3 is 0 Å². The molecule has 0 atom stereocenters. The monoisotopic (exact) mass is 169 g/mol. The van der Waals surface area contributed by atoms with Crippen molar-refractivity contribution < 1.29 is 4.74 Å². The maximum atomic E-state index is 5.74. The number of hydrogen-bond donors (Lipinski definition) is 0. The van der Waals surface area contributed by atoms with E-state index in [4.69, 9.17) is 4.74 Å². The van der Waals surface area contributed by atoms with E-state index in [-0.39, 0.29) is 0 Å². The van der Waals surface area contributed by atoms with E-state index >= 15 is 0 Å². The number of unbranched alkanes of at least 4 members (excludes halogenated alkanes) is 1. The van der Waals surface area contributed by atoms with Crippen LogP contribution in [0.2, 0.25) is 0 Å². The van der Waals surface area contributed by atoms with E-state index in [9.17, 15) is 0 Å². The molecule has 2 heterocycles. The number of nitrogens with zero attached hydrogens (tertiary/aromatic N) is 1. The smallest absolute Gasteiger partial charge is 0.0935 e. The lowest BCUT2D eigenvalue weighted by Gasteiger charge is -2.47. The average Bonchev–Trinajstić information content (AvgIpc) is 2.46. The Bertz CT molecular complexity index is 144. The Labute approximate surface area is 74.9 Å². The molecule has 0 amide bonds. The van der Waals surface area contributed by atoms with Crippen LogP contribution in [0.25, 0.3) is 0 Å². The average molecular weight is 169 g/mol. The Morgan fingerprint density at radius 3 is 2.83 bits per heavy atom. The fourth-order valence-corrected chi connectivity index (χ4v) is 2.31. The van der Waals surface area contributed by atoms with Gasteiger partial charge in [0.1, 0.15) is 0 Å². The minimum Gasteiger partial charge on any atom is -0.372 e. The molecule has 0 aromatic rings. The first kappa shape index (κ1) is 8.52. The van der Waals surface area contributed by atoms with Gasteiger partial charge in [0.2, 0.25) is 0 Å². The first-order chi connectivity index (χ1) is 5.85. The summed E-state index contributed by atoms with van der Waals surface area (Å²) >= 11 is 0. The van der Waals surface area contributed by atoms with Crippen molar-refractivity contribution in [3.8, 4) is 0 Å². The van der Waals surface area contributed by atoms with Crippen molar-refractivity contribution in [3.05, 3.63) is 0 Å². The summed E-state index contributed by atoms with van der Waals surface area (Å²) in [4.78, 5) is 2.52. The molecule has 2 aliphatic heterocycles. The molecule has 0 aromatic carbocycles. The summed E-state index contributed by atoms with van der Waals surface area (Å²) in [5.41, 5.74) is 0.313. The van der Waals surface area contributed by atoms with Crippen LogP contribution in [0.1, 0.15) is 32.6 Å². The summed E-state index contributed by atoms with van der Waals surface area (Å²) in [6, 6.07) is 0. The Kier molecular flexibility index (Phi) is 2.37. The van der Waals surface area contributed by atoms with Gasteiger partial charge in [0.15, 0.2) is 0 Å². The Hall–Kier alpha value is -0.0800. The molecule has 2 saturated heterocycles. The quantitative estimate of drug-likeness (QED) is 0.637. The molecular formula is C10H19NO. The fourth-order valence-electron chi connectivity index (χ4n) is 2.31. The molecule has 2 heteroatoms. The van der Waals surface area contributed by atoms with Crippen molar-refractivity contribution in [2.24, 2.45) is 0 Å². The zero-order valence-corrected chi connectivity index (χ0v) is 8.01. The van der Waals surface area contributed by atoms with Crippen LogP contribution < -0.4 is 0 Å². The van der Waals surface area contributed by atoms with Crippen molar-refractivity contribution >= 4 is 0 Å². The van der Waals surface area contributed by atoms with Crippen LogP contribution in [0.15, 0.2) is 0 Å². The number of likely N-dealkylation sites (tertiary alicyclic amines) is 1. The van der Waals surface area contributed by atoms with Crippen molar-refractivity contribution in [1.82, 2.24) is 4.90 Å². The van der Waals surface area contributed by atoms with Gasteiger partial charge < -0.3 is 4.74 Å². The molecule has 0 aliphatic carbocycles. The highest BCUT2D eigenvalue weighted by Gasteiger charge is 2.45. The highest BCUT2D eigenvalue weighted by atomic mass is 16.5. The van der Waals surface area contributed by atoms with Crippen molar-refractivity contribution in [3.63, 3.8) is 0 Å². The van der Waals surface area contributed by atoms with E-state index in [1.165, 1.54) is 45.3 Å². The maximum Gasteiger partial charge on any atom is 0.0935 e. The van der Waals surface area contributed by atoms with E-state index in [0.717, 1.165) is 6.61 Å². The van der Waals surface area contributed by atoms with Gasteiger partial charge in [-0.05, 0) is 25.8 Å². The molecule has 12 heavy (non-hydrogen) atoms. The molecule has 0 unspecified atom stereocenters. The fraction of sp³-hybridized carbons (Fsp3) is 1.00. The second-order valence-corrected chi connectivity index (χ2v) is 4.20. The highest BCUT2D eigenvalue weighted by molar-refractivity contribution is 4.99. The third-order valence-electron chi connectivity index (χ3n) is 3.04.